The van der Waals surface area contributed by atoms with Gasteiger partial charge in [0.2, 0.25) is 0 Å². The molecule has 2 saturated heterocycles. The smallest absolute Gasteiger partial charge is 0.152 e. The van der Waals surface area contributed by atoms with E-state index in [0.29, 0.717) is 31.1 Å². The Kier molecular flexibility index (Phi) is 3.62. The van der Waals surface area contributed by atoms with Gasteiger partial charge in [0.05, 0.1) is 24.2 Å². The average molecular weight is 288 g/mol. The van der Waals surface area contributed by atoms with Crippen molar-refractivity contribution in [2.24, 2.45) is 5.73 Å². The number of morpholine rings is 1. The van der Waals surface area contributed by atoms with E-state index in [1.807, 2.05) is 0 Å². The first-order valence-corrected chi connectivity index (χ1v) is 9.17. The van der Waals surface area contributed by atoms with Crippen molar-refractivity contribution in [1.29, 1.82) is 0 Å². The SMILES string of the molecule is NCC1(N2CCOC3CCCC32)CCCS(=O)(=O)C1. The van der Waals surface area contributed by atoms with Crippen molar-refractivity contribution in [3.8, 4) is 0 Å². The molecule has 3 aliphatic rings. The molecule has 0 aromatic carbocycles. The van der Waals surface area contributed by atoms with E-state index in [1.54, 1.807) is 0 Å². The van der Waals surface area contributed by atoms with Crippen LogP contribution in [0.1, 0.15) is 32.1 Å². The third-order valence-electron chi connectivity index (χ3n) is 5.06. The fourth-order valence-electron chi connectivity index (χ4n) is 4.19. The van der Waals surface area contributed by atoms with Crippen LogP contribution in [0.25, 0.3) is 0 Å². The maximum absolute atomic E-state index is 12.0. The number of nitrogens with zero attached hydrogens (tertiary/aromatic N) is 1. The summed E-state index contributed by atoms with van der Waals surface area (Å²) in [5.41, 5.74) is 5.69. The van der Waals surface area contributed by atoms with Gasteiger partial charge in [-0.3, -0.25) is 4.90 Å². The molecule has 3 rings (SSSR count). The number of ether oxygens (including phenoxy) is 1. The van der Waals surface area contributed by atoms with Gasteiger partial charge in [-0.1, -0.05) is 0 Å². The molecule has 3 fully saturated rings. The van der Waals surface area contributed by atoms with Crippen LogP contribution in [-0.2, 0) is 14.6 Å². The van der Waals surface area contributed by atoms with Crippen molar-refractivity contribution in [1.82, 2.24) is 4.90 Å². The van der Waals surface area contributed by atoms with Crippen LogP contribution in [-0.4, -0.2) is 62.2 Å². The van der Waals surface area contributed by atoms with E-state index in [0.717, 1.165) is 32.2 Å². The summed E-state index contributed by atoms with van der Waals surface area (Å²) >= 11 is 0. The zero-order valence-electron chi connectivity index (χ0n) is 11.4. The molecule has 0 radical (unpaired) electrons. The van der Waals surface area contributed by atoms with E-state index >= 15 is 0 Å². The number of hydrogen-bond acceptors (Lipinski definition) is 5. The van der Waals surface area contributed by atoms with Gasteiger partial charge in [0.25, 0.3) is 0 Å². The van der Waals surface area contributed by atoms with Crippen molar-refractivity contribution in [3.05, 3.63) is 0 Å². The first kappa shape index (κ1) is 13.8. The van der Waals surface area contributed by atoms with Crippen molar-refractivity contribution in [3.63, 3.8) is 0 Å². The minimum atomic E-state index is -2.94. The molecule has 0 aromatic heterocycles. The summed E-state index contributed by atoms with van der Waals surface area (Å²) in [7, 11) is -2.94. The highest BCUT2D eigenvalue weighted by molar-refractivity contribution is 7.91. The number of nitrogens with two attached hydrogens (primary N) is 1. The highest BCUT2D eigenvalue weighted by atomic mass is 32.2. The molecule has 1 aliphatic carbocycles. The van der Waals surface area contributed by atoms with Gasteiger partial charge in [0.1, 0.15) is 0 Å². The molecule has 0 bridgehead atoms. The van der Waals surface area contributed by atoms with Crippen LogP contribution >= 0.6 is 0 Å². The van der Waals surface area contributed by atoms with Gasteiger partial charge in [0, 0.05) is 24.7 Å². The standard InChI is InChI=1S/C13H24N2O3S/c14-9-13(5-2-8-19(16,17)10-13)15-6-7-18-12-4-1-3-11(12)15/h11-12H,1-10,14H2. The van der Waals surface area contributed by atoms with Crippen LogP contribution in [0.4, 0.5) is 0 Å². The molecule has 3 unspecified atom stereocenters. The van der Waals surface area contributed by atoms with Crippen molar-refractivity contribution < 1.29 is 13.2 Å². The topological polar surface area (TPSA) is 72.6 Å². The zero-order valence-corrected chi connectivity index (χ0v) is 12.2. The van der Waals surface area contributed by atoms with E-state index in [2.05, 4.69) is 4.90 Å². The summed E-state index contributed by atoms with van der Waals surface area (Å²) in [6.45, 7) is 1.98. The molecule has 6 heteroatoms. The fraction of sp³-hybridized carbons (Fsp3) is 1.00. The Morgan fingerprint density at radius 3 is 2.89 bits per heavy atom. The third-order valence-corrected chi connectivity index (χ3v) is 6.95. The molecule has 0 amide bonds. The van der Waals surface area contributed by atoms with Gasteiger partial charge < -0.3 is 10.5 Å². The molecule has 2 heterocycles. The van der Waals surface area contributed by atoms with Crippen LogP contribution in [0.15, 0.2) is 0 Å². The Morgan fingerprint density at radius 2 is 2.16 bits per heavy atom. The molecule has 19 heavy (non-hydrogen) atoms. The van der Waals surface area contributed by atoms with Gasteiger partial charge in [-0.2, -0.15) is 0 Å². The van der Waals surface area contributed by atoms with Crippen LogP contribution < -0.4 is 5.73 Å². The predicted octanol–water partition coefficient (Wildman–Crippen LogP) is 0.146. The Balaban J connectivity index is 1.88. The Hall–Kier alpha value is -0.170. The number of rotatable bonds is 2. The van der Waals surface area contributed by atoms with Crippen LogP contribution in [0.2, 0.25) is 0 Å². The quantitative estimate of drug-likeness (QED) is 0.783. The first-order chi connectivity index (χ1) is 9.06. The molecular weight excluding hydrogens is 264 g/mol. The fourth-order valence-corrected chi connectivity index (χ4v) is 6.17. The first-order valence-electron chi connectivity index (χ1n) is 7.35. The second-order valence-corrected chi connectivity index (χ2v) is 8.41. The van der Waals surface area contributed by atoms with Gasteiger partial charge in [-0.25, -0.2) is 8.42 Å². The van der Waals surface area contributed by atoms with E-state index in [1.165, 1.54) is 6.42 Å². The lowest BCUT2D eigenvalue weighted by Crippen LogP contribution is -2.66. The second kappa shape index (κ2) is 4.98. The molecular formula is C13H24N2O3S. The predicted molar refractivity (Wildman–Crippen MR) is 73.8 cm³/mol. The Bertz CT molecular complexity index is 439. The van der Waals surface area contributed by atoms with Crippen LogP contribution in [0, 0.1) is 0 Å². The lowest BCUT2D eigenvalue weighted by Gasteiger charge is -2.51. The van der Waals surface area contributed by atoms with Gasteiger partial charge in [-0.05, 0) is 32.1 Å². The summed E-state index contributed by atoms with van der Waals surface area (Å²) in [4.78, 5) is 2.39. The van der Waals surface area contributed by atoms with Gasteiger partial charge in [0.15, 0.2) is 9.84 Å². The molecule has 5 nitrogen and oxygen atoms in total. The molecule has 3 atom stereocenters. The number of sulfone groups is 1. The maximum atomic E-state index is 12.0. The van der Waals surface area contributed by atoms with E-state index in [9.17, 15) is 8.42 Å². The van der Waals surface area contributed by atoms with E-state index in [-0.39, 0.29) is 11.3 Å². The van der Waals surface area contributed by atoms with Gasteiger partial charge in [-0.15, -0.1) is 0 Å². The van der Waals surface area contributed by atoms with Crippen molar-refractivity contribution in [2.45, 2.75) is 49.8 Å². The van der Waals surface area contributed by atoms with Crippen LogP contribution in [0.3, 0.4) is 0 Å². The molecule has 0 spiro atoms. The lowest BCUT2D eigenvalue weighted by molar-refractivity contribution is -0.0949. The summed E-state index contributed by atoms with van der Waals surface area (Å²) in [5, 5.41) is 0. The summed E-state index contributed by atoms with van der Waals surface area (Å²) < 4.78 is 29.9. The molecule has 2 N–H and O–H groups in total. The Labute approximate surface area is 115 Å². The monoisotopic (exact) mass is 288 g/mol. The minimum absolute atomic E-state index is 0.236. The van der Waals surface area contributed by atoms with E-state index in [4.69, 9.17) is 10.5 Å². The molecule has 1 saturated carbocycles. The largest absolute Gasteiger partial charge is 0.375 e. The maximum Gasteiger partial charge on any atom is 0.152 e. The zero-order chi connectivity index (χ0) is 13.5. The third kappa shape index (κ3) is 2.44. The summed E-state index contributed by atoms with van der Waals surface area (Å²) in [6, 6.07) is 0.380. The Morgan fingerprint density at radius 1 is 1.32 bits per heavy atom. The molecule has 0 aromatic rings. The molecule has 2 aliphatic heterocycles. The van der Waals surface area contributed by atoms with Crippen molar-refractivity contribution >= 4 is 9.84 Å². The normalized spacial score (nSPS) is 43.0. The van der Waals surface area contributed by atoms with E-state index < -0.39 is 9.84 Å². The van der Waals surface area contributed by atoms with Crippen molar-refractivity contribution in [2.75, 3.05) is 31.2 Å². The summed E-state index contributed by atoms with van der Waals surface area (Å²) in [5.74, 6) is 0.562. The lowest BCUT2D eigenvalue weighted by atomic mass is 9.90. The highest BCUT2D eigenvalue weighted by Crippen LogP contribution is 2.38. The second-order valence-electron chi connectivity index (χ2n) is 6.22. The number of fused-ring (bicyclic) bond motifs is 1. The highest BCUT2D eigenvalue weighted by Gasteiger charge is 2.49. The minimum Gasteiger partial charge on any atom is -0.375 e. The van der Waals surface area contributed by atoms with Crippen LogP contribution in [0.5, 0.6) is 0 Å². The average Bonchev–Trinajstić information content (AvgIpc) is 2.85. The van der Waals surface area contributed by atoms with Gasteiger partial charge >= 0.3 is 0 Å². The number of hydrogen-bond donors (Lipinski definition) is 1. The molecule has 110 valence electrons. The summed E-state index contributed by atoms with van der Waals surface area (Å²) in [6.07, 6.45) is 5.35.